The first-order valence-corrected chi connectivity index (χ1v) is 23.8. The molecule has 324 valence electrons. The van der Waals surface area contributed by atoms with E-state index in [2.05, 4.69) is 29.8 Å². The first-order chi connectivity index (χ1) is 29.8. The molecule has 0 aliphatic carbocycles. The van der Waals surface area contributed by atoms with Crippen molar-refractivity contribution < 1.29 is 27.3 Å². The van der Waals surface area contributed by atoms with Gasteiger partial charge in [-0.3, -0.25) is 33.4 Å². The fourth-order valence-electron chi connectivity index (χ4n) is 7.86. The second-order valence-corrected chi connectivity index (χ2v) is 19.6. The van der Waals surface area contributed by atoms with Gasteiger partial charge in [-0.2, -0.15) is 8.42 Å². The van der Waals surface area contributed by atoms with Crippen molar-refractivity contribution >= 4 is 88.3 Å². The molecule has 2 atom stereocenters. The Kier molecular flexibility index (Phi) is 11.8. The lowest BCUT2D eigenvalue weighted by molar-refractivity contribution is -0.121. The van der Waals surface area contributed by atoms with E-state index in [9.17, 15) is 23.1 Å². The van der Waals surface area contributed by atoms with Crippen LogP contribution in [0.2, 0.25) is 0 Å². The molecule has 4 fully saturated rings. The molecule has 0 spiro atoms. The standard InChI is InChI=1S/C21H24N6O4S2.C20H22N6O2S/c1-25-7-8-27(20(28)13-25)19-9-17-16(11-23-19)24-21(32-17)14-3-4-18(22-10-14)26-6-5-15(12-26)31-33(2,29)30;1-24-6-7-26(19(28)12-24)18-8-16-15(10-22-18)23-20(29-16)13-2-3-17(21-9-13)25-5-4-14(27)11-25/h3-4,9-11,15H,5-8,12-13H2,1-2H3;2-3,8-10,14,27H,4-7,11-12H2,1H3/t15-;14-/m00/s1. The first-order valence-electron chi connectivity index (χ1n) is 20.3. The number of β-amino-alcohol motifs (C(OH)–C–C–N with tert-alkyl or cyclic N) is 1. The average molecular weight is 899 g/mol. The molecule has 0 bridgehead atoms. The summed E-state index contributed by atoms with van der Waals surface area (Å²) in [6, 6.07) is 11.7. The maximum absolute atomic E-state index is 12.4. The van der Waals surface area contributed by atoms with Crippen molar-refractivity contribution in [2.24, 2.45) is 0 Å². The molecule has 1 N–H and O–H groups in total. The Morgan fingerprint density at radius 3 is 1.56 bits per heavy atom. The molecule has 0 saturated carbocycles. The molecule has 0 radical (unpaired) electrons. The minimum absolute atomic E-state index is 0.0474. The molecule has 6 aromatic heterocycles. The van der Waals surface area contributed by atoms with Crippen LogP contribution in [0.5, 0.6) is 0 Å². The number of amides is 2. The molecule has 4 aliphatic rings. The highest BCUT2D eigenvalue weighted by Crippen LogP contribution is 2.34. The molecule has 0 unspecified atom stereocenters. The van der Waals surface area contributed by atoms with Gasteiger partial charge in [0.2, 0.25) is 11.8 Å². The van der Waals surface area contributed by atoms with Crippen molar-refractivity contribution in [3.63, 3.8) is 0 Å². The lowest BCUT2D eigenvalue weighted by Gasteiger charge is -2.31. The third kappa shape index (κ3) is 9.38. The van der Waals surface area contributed by atoms with E-state index >= 15 is 0 Å². The summed E-state index contributed by atoms with van der Waals surface area (Å²) in [5.74, 6) is 3.12. The van der Waals surface area contributed by atoms with E-state index < -0.39 is 10.1 Å². The number of pyridine rings is 4. The van der Waals surface area contributed by atoms with Gasteiger partial charge in [0, 0.05) is 88.0 Å². The third-order valence-corrected chi connectivity index (χ3v) is 13.9. The number of rotatable bonds is 8. The Hall–Kier alpha value is -5.29. The van der Waals surface area contributed by atoms with E-state index in [1.165, 1.54) is 11.3 Å². The minimum Gasteiger partial charge on any atom is -0.391 e. The van der Waals surface area contributed by atoms with Crippen molar-refractivity contribution in [3.8, 4) is 21.1 Å². The highest BCUT2D eigenvalue weighted by Gasteiger charge is 2.29. The van der Waals surface area contributed by atoms with Crippen molar-refractivity contribution in [2.45, 2.75) is 25.0 Å². The largest absolute Gasteiger partial charge is 0.391 e. The van der Waals surface area contributed by atoms with Gasteiger partial charge in [-0.15, -0.1) is 22.7 Å². The number of nitrogens with zero attached hydrogens (tertiary/aromatic N) is 12. The number of carbonyl (C=O) groups is 2. The van der Waals surface area contributed by atoms with Crippen LogP contribution >= 0.6 is 22.7 Å². The Labute approximate surface area is 366 Å². The van der Waals surface area contributed by atoms with E-state index in [0.29, 0.717) is 63.9 Å². The Balaban J connectivity index is 0.000000159. The zero-order valence-electron chi connectivity index (χ0n) is 34.5. The van der Waals surface area contributed by atoms with Crippen LogP contribution in [0.25, 0.3) is 41.6 Å². The topological polar surface area (TPSA) is 195 Å². The SMILES string of the molecule is CN1CCN(c2cc3sc(-c4ccc(N5CC[C@H](O)C5)nc4)nc3cn2)C(=O)C1.CN1CCN(c2cc3sc(-c4ccc(N5CC[C@H](OS(C)(=O)=O)C5)nc4)nc3cn2)C(=O)C1. The van der Waals surface area contributed by atoms with Crippen LogP contribution in [-0.2, 0) is 23.9 Å². The molecule has 2 amide bonds. The highest BCUT2D eigenvalue weighted by atomic mass is 32.2. The van der Waals surface area contributed by atoms with Gasteiger partial charge in [-0.25, -0.2) is 29.9 Å². The van der Waals surface area contributed by atoms with Crippen molar-refractivity contribution in [1.29, 1.82) is 0 Å². The summed E-state index contributed by atoms with van der Waals surface area (Å²) in [5, 5.41) is 11.4. The molecule has 10 heterocycles. The van der Waals surface area contributed by atoms with Crippen LogP contribution in [-0.4, -0.2) is 163 Å². The quantitative estimate of drug-likeness (QED) is 0.219. The Morgan fingerprint density at radius 2 is 1.13 bits per heavy atom. The number of anilines is 4. The molecule has 4 aliphatic heterocycles. The smallest absolute Gasteiger partial charge is 0.264 e. The number of carbonyl (C=O) groups excluding carboxylic acids is 2. The van der Waals surface area contributed by atoms with Gasteiger partial charge in [-0.1, -0.05) is 0 Å². The van der Waals surface area contributed by atoms with Gasteiger partial charge in [0.15, 0.2) is 0 Å². The second-order valence-electron chi connectivity index (χ2n) is 16.0. The Bertz CT molecular complexity index is 2720. The fourth-order valence-corrected chi connectivity index (χ4v) is 10.4. The van der Waals surface area contributed by atoms with Crippen LogP contribution in [0, 0.1) is 0 Å². The number of hydrogen-bond acceptors (Lipinski definition) is 18. The normalized spacial score (nSPS) is 20.5. The van der Waals surface area contributed by atoms with E-state index in [1.807, 2.05) is 71.4 Å². The third-order valence-electron chi connectivity index (χ3n) is 11.2. The predicted molar refractivity (Wildman–Crippen MR) is 240 cm³/mol. The molecule has 10 rings (SSSR count). The van der Waals surface area contributed by atoms with Crippen molar-refractivity contribution in [1.82, 2.24) is 39.7 Å². The first kappa shape index (κ1) is 42.0. The molecular weight excluding hydrogens is 853 g/mol. The van der Waals surface area contributed by atoms with E-state index in [-0.39, 0.29) is 24.0 Å². The Morgan fingerprint density at radius 1 is 0.645 bits per heavy atom. The molecule has 18 nitrogen and oxygen atoms in total. The zero-order chi connectivity index (χ0) is 43.1. The van der Waals surface area contributed by atoms with Crippen LogP contribution < -0.4 is 19.6 Å². The van der Waals surface area contributed by atoms with Crippen LogP contribution in [0.4, 0.5) is 23.3 Å². The molecule has 4 saturated heterocycles. The van der Waals surface area contributed by atoms with E-state index in [1.54, 1.807) is 39.7 Å². The number of thiazole rings is 2. The van der Waals surface area contributed by atoms with Gasteiger partial charge in [-0.05, 0) is 51.2 Å². The van der Waals surface area contributed by atoms with E-state index in [4.69, 9.17) is 9.17 Å². The van der Waals surface area contributed by atoms with E-state index in [0.717, 1.165) is 85.5 Å². The number of aromatic nitrogens is 6. The van der Waals surface area contributed by atoms with Gasteiger partial charge < -0.3 is 14.9 Å². The second kappa shape index (κ2) is 17.5. The summed E-state index contributed by atoms with van der Waals surface area (Å²) in [5.41, 5.74) is 3.44. The minimum atomic E-state index is -3.47. The monoisotopic (exact) mass is 898 g/mol. The average Bonchev–Trinajstić information content (AvgIpc) is 4.07. The lowest BCUT2D eigenvalue weighted by atomic mass is 10.3. The molecule has 0 aromatic carbocycles. The maximum atomic E-state index is 12.4. The lowest BCUT2D eigenvalue weighted by Crippen LogP contribution is -2.49. The predicted octanol–water partition coefficient (Wildman–Crippen LogP) is 3.19. The van der Waals surface area contributed by atoms with Crippen LogP contribution in [0.3, 0.4) is 0 Å². The number of piperazine rings is 2. The van der Waals surface area contributed by atoms with Gasteiger partial charge in [0.05, 0.1) is 53.3 Å². The summed E-state index contributed by atoms with van der Waals surface area (Å²) in [6.45, 7) is 6.37. The number of fused-ring (bicyclic) bond motifs is 2. The number of aliphatic hydroxyl groups excluding tert-OH is 1. The number of likely N-dealkylation sites (N-methyl/N-ethyl adjacent to an activating group) is 2. The highest BCUT2D eigenvalue weighted by molar-refractivity contribution is 7.86. The molecule has 6 aromatic rings. The van der Waals surface area contributed by atoms with Crippen molar-refractivity contribution in [3.05, 3.63) is 61.2 Å². The molecular formula is C41H46N12O6S3. The van der Waals surface area contributed by atoms with Gasteiger partial charge >= 0.3 is 0 Å². The van der Waals surface area contributed by atoms with Crippen LogP contribution in [0.15, 0.2) is 61.2 Å². The van der Waals surface area contributed by atoms with Crippen LogP contribution in [0.1, 0.15) is 12.8 Å². The fraction of sp³-hybridized carbons (Fsp3) is 0.415. The summed E-state index contributed by atoms with van der Waals surface area (Å²) in [6.07, 6.45) is 8.93. The summed E-state index contributed by atoms with van der Waals surface area (Å²) >= 11 is 3.11. The summed E-state index contributed by atoms with van der Waals surface area (Å²) in [7, 11) is 0.420. The van der Waals surface area contributed by atoms with Gasteiger partial charge in [0.1, 0.15) is 44.3 Å². The number of hydrogen-bond donors (Lipinski definition) is 1. The number of aliphatic hydroxyl groups is 1. The molecule has 62 heavy (non-hydrogen) atoms. The van der Waals surface area contributed by atoms with Crippen molar-refractivity contribution in [2.75, 3.05) is 105 Å². The summed E-state index contributed by atoms with van der Waals surface area (Å²) in [4.78, 5) is 63.7. The maximum Gasteiger partial charge on any atom is 0.264 e. The van der Waals surface area contributed by atoms with Gasteiger partial charge in [0.25, 0.3) is 10.1 Å². The molecule has 21 heteroatoms. The zero-order valence-corrected chi connectivity index (χ0v) is 36.9. The summed E-state index contributed by atoms with van der Waals surface area (Å²) < 4.78 is 29.8.